The molecule has 3 heteroatoms. The molecular formula is C12H19NOS. The average molecular weight is 225 g/mol. The van der Waals surface area contributed by atoms with Gasteiger partial charge in [0.25, 0.3) is 0 Å². The first-order valence-corrected chi connectivity index (χ1v) is 6.19. The van der Waals surface area contributed by atoms with Gasteiger partial charge in [-0.25, -0.2) is 0 Å². The molecule has 3 N–H and O–H groups in total. The molecule has 84 valence electrons. The number of thioether (sulfide) groups is 1. The van der Waals surface area contributed by atoms with Crippen molar-refractivity contribution >= 4 is 11.8 Å². The topological polar surface area (TPSA) is 46.2 Å². The highest BCUT2D eigenvalue weighted by Gasteiger charge is 2.05. The normalized spacial score (nSPS) is 12.8. The Balaban J connectivity index is 2.67. The van der Waals surface area contributed by atoms with Crippen LogP contribution < -0.4 is 5.73 Å². The maximum Gasteiger partial charge on any atom is 0.0464 e. The summed E-state index contributed by atoms with van der Waals surface area (Å²) in [6, 6.07) is 6.35. The van der Waals surface area contributed by atoms with Crippen molar-refractivity contribution in [2.24, 2.45) is 11.7 Å². The summed E-state index contributed by atoms with van der Waals surface area (Å²) in [5, 5.41) is 8.95. The van der Waals surface area contributed by atoms with Gasteiger partial charge in [-0.15, -0.1) is 11.8 Å². The van der Waals surface area contributed by atoms with E-state index in [0.717, 1.165) is 5.75 Å². The molecule has 0 radical (unpaired) electrons. The van der Waals surface area contributed by atoms with Crippen LogP contribution in [-0.2, 0) is 6.54 Å². The van der Waals surface area contributed by atoms with E-state index in [1.54, 1.807) is 11.8 Å². The molecule has 0 aliphatic carbocycles. The molecule has 0 saturated heterocycles. The van der Waals surface area contributed by atoms with E-state index in [1.807, 2.05) is 6.92 Å². The van der Waals surface area contributed by atoms with Crippen LogP contribution in [0.25, 0.3) is 0 Å². The molecule has 1 unspecified atom stereocenters. The molecule has 1 aromatic carbocycles. The standard InChI is InChI=1S/C12H19NOS/c1-9-3-4-12(11(5-9)6-13)15-8-10(2)7-14/h3-5,10,14H,6-8,13H2,1-2H3. The van der Waals surface area contributed by atoms with Gasteiger partial charge in [-0.1, -0.05) is 24.6 Å². The molecule has 0 spiro atoms. The number of aryl methyl sites for hydroxylation is 1. The number of aliphatic hydroxyl groups is 1. The molecule has 0 saturated carbocycles. The summed E-state index contributed by atoms with van der Waals surface area (Å²) < 4.78 is 0. The van der Waals surface area contributed by atoms with Crippen molar-refractivity contribution in [3.63, 3.8) is 0 Å². The molecular weight excluding hydrogens is 206 g/mol. The Bertz CT molecular complexity index is 314. The zero-order chi connectivity index (χ0) is 11.3. The van der Waals surface area contributed by atoms with Gasteiger partial charge in [0, 0.05) is 23.8 Å². The van der Waals surface area contributed by atoms with E-state index >= 15 is 0 Å². The fraction of sp³-hybridized carbons (Fsp3) is 0.500. The van der Waals surface area contributed by atoms with Crippen LogP contribution in [0.3, 0.4) is 0 Å². The molecule has 1 atom stereocenters. The summed E-state index contributed by atoms with van der Waals surface area (Å²) in [4.78, 5) is 1.24. The monoisotopic (exact) mass is 225 g/mol. The van der Waals surface area contributed by atoms with Crippen molar-refractivity contribution in [1.82, 2.24) is 0 Å². The molecule has 0 heterocycles. The summed E-state index contributed by atoms with van der Waals surface area (Å²) in [7, 11) is 0. The van der Waals surface area contributed by atoms with Crippen LogP contribution in [0.5, 0.6) is 0 Å². The third kappa shape index (κ3) is 3.86. The Kier molecular flexibility index (Phi) is 5.15. The number of benzene rings is 1. The number of nitrogens with two attached hydrogens (primary N) is 1. The van der Waals surface area contributed by atoms with Gasteiger partial charge in [-0.2, -0.15) is 0 Å². The van der Waals surface area contributed by atoms with Crippen LogP contribution in [0.2, 0.25) is 0 Å². The van der Waals surface area contributed by atoms with Gasteiger partial charge in [0.1, 0.15) is 0 Å². The zero-order valence-electron chi connectivity index (χ0n) is 9.36. The Morgan fingerprint density at radius 1 is 1.47 bits per heavy atom. The minimum absolute atomic E-state index is 0.247. The second kappa shape index (κ2) is 6.16. The fourth-order valence-electron chi connectivity index (χ4n) is 1.29. The van der Waals surface area contributed by atoms with Gasteiger partial charge in [-0.05, 0) is 24.5 Å². The van der Waals surface area contributed by atoms with E-state index in [9.17, 15) is 0 Å². The summed E-state index contributed by atoms with van der Waals surface area (Å²) in [5.41, 5.74) is 8.14. The summed E-state index contributed by atoms with van der Waals surface area (Å²) in [5.74, 6) is 1.27. The van der Waals surface area contributed by atoms with Crippen LogP contribution in [0.15, 0.2) is 23.1 Å². The third-order valence-corrected chi connectivity index (χ3v) is 3.72. The van der Waals surface area contributed by atoms with Crippen molar-refractivity contribution in [3.8, 4) is 0 Å². The summed E-state index contributed by atoms with van der Waals surface area (Å²) in [6.45, 7) is 4.95. The van der Waals surface area contributed by atoms with Crippen molar-refractivity contribution < 1.29 is 5.11 Å². The van der Waals surface area contributed by atoms with Crippen LogP contribution in [0.4, 0.5) is 0 Å². The molecule has 1 aromatic rings. The SMILES string of the molecule is Cc1ccc(SCC(C)CO)c(CN)c1. The Morgan fingerprint density at radius 2 is 2.20 bits per heavy atom. The smallest absolute Gasteiger partial charge is 0.0464 e. The number of rotatable bonds is 5. The summed E-state index contributed by atoms with van der Waals surface area (Å²) in [6.07, 6.45) is 0. The molecule has 0 bridgehead atoms. The van der Waals surface area contributed by atoms with E-state index in [-0.39, 0.29) is 6.61 Å². The lowest BCUT2D eigenvalue weighted by atomic mass is 10.1. The van der Waals surface area contributed by atoms with Crippen molar-refractivity contribution in [2.45, 2.75) is 25.3 Å². The van der Waals surface area contributed by atoms with E-state index in [2.05, 4.69) is 25.1 Å². The fourth-order valence-corrected chi connectivity index (χ4v) is 2.35. The van der Waals surface area contributed by atoms with E-state index < -0.39 is 0 Å². The van der Waals surface area contributed by atoms with Crippen molar-refractivity contribution in [1.29, 1.82) is 0 Å². The predicted molar refractivity (Wildman–Crippen MR) is 66.0 cm³/mol. The summed E-state index contributed by atoms with van der Waals surface area (Å²) >= 11 is 1.77. The second-order valence-electron chi connectivity index (χ2n) is 3.91. The lowest BCUT2D eigenvalue weighted by Crippen LogP contribution is -2.05. The Labute approximate surface area is 95.9 Å². The number of aliphatic hydroxyl groups excluding tert-OH is 1. The molecule has 1 rings (SSSR count). The van der Waals surface area contributed by atoms with Gasteiger partial charge in [0.2, 0.25) is 0 Å². The highest BCUT2D eigenvalue weighted by atomic mass is 32.2. The Hall–Kier alpha value is -0.510. The predicted octanol–water partition coefficient (Wildman–Crippen LogP) is 2.17. The van der Waals surface area contributed by atoms with Crippen molar-refractivity contribution in [2.75, 3.05) is 12.4 Å². The van der Waals surface area contributed by atoms with Gasteiger partial charge in [0.05, 0.1) is 0 Å². The molecule has 0 aliphatic rings. The number of hydrogen-bond acceptors (Lipinski definition) is 3. The molecule has 0 fully saturated rings. The van der Waals surface area contributed by atoms with Gasteiger partial charge in [0.15, 0.2) is 0 Å². The van der Waals surface area contributed by atoms with Gasteiger partial charge in [-0.3, -0.25) is 0 Å². The lowest BCUT2D eigenvalue weighted by molar-refractivity contribution is 0.250. The quantitative estimate of drug-likeness (QED) is 0.755. The molecule has 0 aromatic heterocycles. The maximum absolute atomic E-state index is 8.95. The molecule has 0 amide bonds. The minimum atomic E-state index is 0.247. The maximum atomic E-state index is 8.95. The van der Waals surface area contributed by atoms with E-state index in [0.29, 0.717) is 12.5 Å². The first-order chi connectivity index (χ1) is 7.17. The Morgan fingerprint density at radius 3 is 2.80 bits per heavy atom. The highest BCUT2D eigenvalue weighted by molar-refractivity contribution is 7.99. The zero-order valence-corrected chi connectivity index (χ0v) is 10.2. The van der Waals surface area contributed by atoms with E-state index in [4.69, 9.17) is 10.8 Å². The average Bonchev–Trinajstić information content (AvgIpc) is 2.26. The number of hydrogen-bond donors (Lipinski definition) is 2. The van der Waals surface area contributed by atoms with Crippen LogP contribution in [-0.4, -0.2) is 17.5 Å². The molecule has 2 nitrogen and oxygen atoms in total. The first-order valence-electron chi connectivity index (χ1n) is 5.20. The van der Waals surface area contributed by atoms with Crippen LogP contribution >= 0.6 is 11.8 Å². The molecule has 0 aliphatic heterocycles. The van der Waals surface area contributed by atoms with Crippen LogP contribution in [0.1, 0.15) is 18.1 Å². The largest absolute Gasteiger partial charge is 0.396 e. The highest BCUT2D eigenvalue weighted by Crippen LogP contribution is 2.25. The van der Waals surface area contributed by atoms with Crippen molar-refractivity contribution in [3.05, 3.63) is 29.3 Å². The first kappa shape index (κ1) is 12.6. The second-order valence-corrected chi connectivity index (χ2v) is 4.98. The third-order valence-electron chi connectivity index (χ3n) is 2.27. The van der Waals surface area contributed by atoms with E-state index in [1.165, 1.54) is 16.0 Å². The van der Waals surface area contributed by atoms with Crippen LogP contribution in [0, 0.1) is 12.8 Å². The molecule has 15 heavy (non-hydrogen) atoms. The minimum Gasteiger partial charge on any atom is -0.396 e. The lowest BCUT2D eigenvalue weighted by Gasteiger charge is -2.11. The van der Waals surface area contributed by atoms with Gasteiger partial charge >= 0.3 is 0 Å². The van der Waals surface area contributed by atoms with Gasteiger partial charge < -0.3 is 10.8 Å².